The molecule has 0 aliphatic rings. The zero-order valence-electron chi connectivity index (χ0n) is 16.3. The van der Waals surface area contributed by atoms with Crippen molar-refractivity contribution in [2.45, 2.75) is 26.9 Å². The summed E-state index contributed by atoms with van der Waals surface area (Å²) in [7, 11) is 1.70. The van der Waals surface area contributed by atoms with Crippen LogP contribution in [0.5, 0.6) is 5.88 Å². The standard InChI is InChI=1S/C19H21FN6O3/c1-19(2,11-27)8-16(28)13-6-7-17(23-22-13)29-10-15-18(24-25-26(15)3)14-5-4-12(20)9-21-14/h4-7,9,27H,8,10-11H2,1-3H3. The number of aliphatic hydroxyl groups is 1. The summed E-state index contributed by atoms with van der Waals surface area (Å²) in [4.78, 5) is 16.3. The van der Waals surface area contributed by atoms with E-state index in [9.17, 15) is 14.3 Å². The Morgan fingerprint density at radius 2 is 2.00 bits per heavy atom. The molecule has 3 aromatic rings. The van der Waals surface area contributed by atoms with E-state index in [2.05, 4.69) is 25.5 Å². The Morgan fingerprint density at radius 1 is 1.21 bits per heavy atom. The quantitative estimate of drug-likeness (QED) is 0.571. The Hall–Kier alpha value is -3.27. The van der Waals surface area contributed by atoms with Gasteiger partial charge in [-0.3, -0.25) is 9.78 Å². The third kappa shape index (κ3) is 4.96. The average Bonchev–Trinajstić information content (AvgIpc) is 3.07. The largest absolute Gasteiger partial charge is 0.470 e. The highest BCUT2D eigenvalue weighted by atomic mass is 19.1. The Bertz CT molecular complexity index is 986. The van der Waals surface area contributed by atoms with Crippen LogP contribution in [0.4, 0.5) is 4.39 Å². The number of hydrogen-bond acceptors (Lipinski definition) is 8. The van der Waals surface area contributed by atoms with E-state index in [4.69, 9.17) is 4.74 Å². The molecule has 0 saturated carbocycles. The maximum Gasteiger partial charge on any atom is 0.233 e. The van der Waals surface area contributed by atoms with Crippen molar-refractivity contribution in [3.63, 3.8) is 0 Å². The van der Waals surface area contributed by atoms with Gasteiger partial charge in [-0.2, -0.15) is 0 Å². The molecule has 9 nitrogen and oxygen atoms in total. The van der Waals surface area contributed by atoms with E-state index < -0.39 is 11.2 Å². The molecule has 3 aromatic heterocycles. The van der Waals surface area contributed by atoms with Crippen molar-refractivity contribution < 1.29 is 19.0 Å². The molecule has 29 heavy (non-hydrogen) atoms. The van der Waals surface area contributed by atoms with Crippen LogP contribution in [-0.2, 0) is 13.7 Å². The van der Waals surface area contributed by atoms with Gasteiger partial charge in [0, 0.05) is 26.1 Å². The van der Waals surface area contributed by atoms with Crippen LogP contribution in [0.1, 0.15) is 36.5 Å². The Kier molecular flexibility index (Phi) is 5.92. The monoisotopic (exact) mass is 400 g/mol. The van der Waals surface area contributed by atoms with Crippen LogP contribution < -0.4 is 4.74 Å². The smallest absolute Gasteiger partial charge is 0.233 e. The SMILES string of the molecule is Cn1nnc(-c2ccc(F)cn2)c1COc1ccc(C(=O)CC(C)(C)CO)nn1. The number of nitrogens with zero attached hydrogens (tertiary/aromatic N) is 6. The van der Waals surface area contributed by atoms with Gasteiger partial charge < -0.3 is 9.84 Å². The number of hydrogen-bond donors (Lipinski definition) is 1. The van der Waals surface area contributed by atoms with Crippen molar-refractivity contribution >= 4 is 5.78 Å². The maximum atomic E-state index is 13.1. The van der Waals surface area contributed by atoms with E-state index >= 15 is 0 Å². The van der Waals surface area contributed by atoms with Crippen LogP contribution in [0, 0.1) is 11.2 Å². The Labute approximate surface area is 166 Å². The Balaban J connectivity index is 1.69. The predicted molar refractivity (Wildman–Crippen MR) is 100 cm³/mol. The molecule has 0 radical (unpaired) electrons. The molecular formula is C19H21FN6O3. The summed E-state index contributed by atoms with van der Waals surface area (Å²) in [6, 6.07) is 5.88. The van der Waals surface area contributed by atoms with Crippen LogP contribution in [-0.4, -0.2) is 47.7 Å². The molecule has 0 aromatic carbocycles. The van der Waals surface area contributed by atoms with Gasteiger partial charge in [0.15, 0.2) is 5.78 Å². The van der Waals surface area contributed by atoms with Crippen molar-refractivity contribution in [1.29, 1.82) is 0 Å². The zero-order chi connectivity index (χ0) is 21.0. The number of aliphatic hydroxyl groups excluding tert-OH is 1. The number of carbonyl (C=O) groups excluding carboxylic acids is 1. The summed E-state index contributed by atoms with van der Waals surface area (Å²) in [5.41, 5.74) is 1.24. The molecule has 152 valence electrons. The highest BCUT2D eigenvalue weighted by Crippen LogP contribution is 2.22. The molecular weight excluding hydrogens is 379 g/mol. The summed E-state index contributed by atoms with van der Waals surface area (Å²) < 4.78 is 20.3. The van der Waals surface area contributed by atoms with Gasteiger partial charge in [0.05, 0.1) is 11.9 Å². The first-order chi connectivity index (χ1) is 13.8. The van der Waals surface area contributed by atoms with Crippen LogP contribution in [0.3, 0.4) is 0 Å². The predicted octanol–water partition coefficient (Wildman–Crippen LogP) is 1.98. The molecule has 1 N–H and O–H groups in total. The van der Waals surface area contributed by atoms with Crippen LogP contribution >= 0.6 is 0 Å². The summed E-state index contributed by atoms with van der Waals surface area (Å²) in [6.45, 7) is 3.57. The molecule has 0 aliphatic heterocycles. The van der Waals surface area contributed by atoms with Gasteiger partial charge >= 0.3 is 0 Å². The van der Waals surface area contributed by atoms with Gasteiger partial charge in [-0.05, 0) is 23.6 Å². The first-order valence-corrected chi connectivity index (χ1v) is 8.90. The summed E-state index contributed by atoms with van der Waals surface area (Å²) in [5, 5.41) is 25.1. The molecule has 10 heteroatoms. The van der Waals surface area contributed by atoms with E-state index in [1.54, 1.807) is 27.0 Å². The number of rotatable bonds is 8. The minimum Gasteiger partial charge on any atom is -0.470 e. The molecule has 3 rings (SSSR count). The van der Waals surface area contributed by atoms with E-state index in [1.807, 2.05) is 0 Å². The second kappa shape index (κ2) is 8.39. The Morgan fingerprint density at radius 3 is 2.62 bits per heavy atom. The maximum absolute atomic E-state index is 13.1. The molecule has 0 amide bonds. The molecule has 0 bridgehead atoms. The lowest BCUT2D eigenvalue weighted by Crippen LogP contribution is -2.22. The van der Waals surface area contributed by atoms with Crippen molar-refractivity contribution in [3.8, 4) is 17.3 Å². The molecule has 0 unspecified atom stereocenters. The van der Waals surface area contributed by atoms with Crippen LogP contribution in [0.2, 0.25) is 0 Å². The fourth-order valence-corrected chi connectivity index (χ4v) is 2.52. The molecule has 0 aliphatic carbocycles. The molecule has 3 heterocycles. The topological polar surface area (TPSA) is 116 Å². The van der Waals surface area contributed by atoms with Gasteiger partial charge in [0.25, 0.3) is 0 Å². The highest BCUT2D eigenvalue weighted by Gasteiger charge is 2.23. The third-order valence-electron chi connectivity index (χ3n) is 4.26. The van der Waals surface area contributed by atoms with Crippen LogP contribution in [0.25, 0.3) is 11.4 Å². The highest BCUT2D eigenvalue weighted by molar-refractivity contribution is 5.94. The van der Waals surface area contributed by atoms with E-state index in [1.165, 1.54) is 22.9 Å². The van der Waals surface area contributed by atoms with E-state index in [0.29, 0.717) is 17.1 Å². The number of Topliss-reactive ketones (excluding diaryl/α,β-unsaturated/α-hetero) is 1. The van der Waals surface area contributed by atoms with Gasteiger partial charge in [0.1, 0.15) is 29.5 Å². The number of pyridine rings is 1. The number of aryl methyl sites for hydroxylation is 1. The first kappa shape index (κ1) is 20.5. The van der Waals surface area contributed by atoms with E-state index in [-0.39, 0.29) is 37.0 Å². The van der Waals surface area contributed by atoms with Gasteiger partial charge in [-0.25, -0.2) is 9.07 Å². The first-order valence-electron chi connectivity index (χ1n) is 8.90. The second-order valence-corrected chi connectivity index (χ2v) is 7.34. The summed E-state index contributed by atoms with van der Waals surface area (Å²) in [6.07, 6.45) is 1.26. The number of carbonyl (C=O) groups is 1. The fourth-order valence-electron chi connectivity index (χ4n) is 2.52. The normalized spacial score (nSPS) is 11.5. The molecule has 0 spiro atoms. The molecule has 0 fully saturated rings. The minimum atomic E-state index is -0.523. The summed E-state index contributed by atoms with van der Waals surface area (Å²) >= 11 is 0. The minimum absolute atomic E-state index is 0.0808. The fraction of sp³-hybridized carbons (Fsp3) is 0.368. The number of aromatic nitrogens is 6. The number of halogens is 1. The third-order valence-corrected chi connectivity index (χ3v) is 4.26. The molecule has 0 atom stereocenters. The van der Waals surface area contributed by atoms with E-state index in [0.717, 1.165) is 6.20 Å². The van der Waals surface area contributed by atoms with Crippen molar-refractivity contribution in [3.05, 3.63) is 47.7 Å². The average molecular weight is 400 g/mol. The van der Waals surface area contributed by atoms with Crippen molar-refractivity contribution in [2.24, 2.45) is 12.5 Å². The number of ether oxygens (including phenoxy) is 1. The second-order valence-electron chi connectivity index (χ2n) is 7.34. The van der Waals surface area contributed by atoms with Crippen molar-refractivity contribution in [1.82, 2.24) is 30.2 Å². The van der Waals surface area contributed by atoms with Crippen LogP contribution in [0.15, 0.2) is 30.5 Å². The summed E-state index contributed by atoms with van der Waals surface area (Å²) in [5.74, 6) is -0.423. The van der Waals surface area contributed by atoms with Gasteiger partial charge in [-0.15, -0.1) is 15.3 Å². The molecule has 0 saturated heterocycles. The lowest BCUT2D eigenvalue weighted by molar-refractivity contribution is 0.0852. The zero-order valence-corrected chi connectivity index (χ0v) is 16.3. The van der Waals surface area contributed by atoms with Crippen molar-refractivity contribution in [2.75, 3.05) is 6.61 Å². The van der Waals surface area contributed by atoms with Gasteiger partial charge in [0.2, 0.25) is 5.88 Å². The lowest BCUT2D eigenvalue weighted by Gasteiger charge is -2.19. The lowest BCUT2D eigenvalue weighted by atomic mass is 9.87. The number of ketones is 1. The van der Waals surface area contributed by atoms with Gasteiger partial charge in [-0.1, -0.05) is 19.1 Å².